The number of phenolic OH excluding ortho intramolecular Hbond substituents is 1. The Morgan fingerprint density at radius 3 is 2.67 bits per heavy atom. The molecule has 3 heterocycles. The van der Waals surface area contributed by atoms with Gasteiger partial charge in [0.15, 0.2) is 4.34 Å². The number of fused-ring (bicyclic) bond motifs is 3. The topological polar surface area (TPSA) is 76.2 Å². The molecule has 1 N–H and O–H groups in total. The van der Waals surface area contributed by atoms with Crippen molar-refractivity contribution < 1.29 is 5.11 Å². The molecule has 6 nitrogen and oxygen atoms in total. The molecular formula is C19H13N5OS2. The van der Waals surface area contributed by atoms with Crippen molar-refractivity contribution in [1.82, 2.24) is 24.6 Å². The van der Waals surface area contributed by atoms with Gasteiger partial charge < -0.3 is 5.11 Å². The van der Waals surface area contributed by atoms with Gasteiger partial charge in [0.05, 0.1) is 21.6 Å². The lowest BCUT2D eigenvalue weighted by molar-refractivity contribution is 0.477. The van der Waals surface area contributed by atoms with E-state index >= 15 is 0 Å². The highest BCUT2D eigenvalue weighted by Gasteiger charge is 2.19. The van der Waals surface area contributed by atoms with Crippen LogP contribution in [-0.4, -0.2) is 29.7 Å². The lowest BCUT2D eigenvalue weighted by Crippen LogP contribution is -1.98. The lowest BCUT2D eigenvalue weighted by Gasteiger charge is -2.12. The minimum absolute atomic E-state index is 0.207. The van der Waals surface area contributed by atoms with Gasteiger partial charge in [-0.05, 0) is 31.2 Å². The van der Waals surface area contributed by atoms with Crippen LogP contribution >= 0.6 is 23.1 Å². The monoisotopic (exact) mass is 391 g/mol. The Labute approximate surface area is 162 Å². The van der Waals surface area contributed by atoms with E-state index in [1.54, 1.807) is 12.3 Å². The summed E-state index contributed by atoms with van der Waals surface area (Å²) < 4.78 is 2.82. The second kappa shape index (κ2) is 6.33. The number of phenols is 1. The molecule has 2 aromatic carbocycles. The number of aromatic hydroxyl groups is 1. The van der Waals surface area contributed by atoms with Gasteiger partial charge in [0.2, 0.25) is 5.78 Å². The molecule has 0 fully saturated rings. The molecule has 0 atom stereocenters. The van der Waals surface area contributed by atoms with Crippen LogP contribution in [0.25, 0.3) is 28.1 Å². The summed E-state index contributed by atoms with van der Waals surface area (Å²) in [7, 11) is 0. The number of benzene rings is 2. The molecule has 132 valence electrons. The molecule has 0 aliphatic heterocycles. The first-order chi connectivity index (χ1) is 13.2. The van der Waals surface area contributed by atoms with E-state index in [-0.39, 0.29) is 5.75 Å². The summed E-state index contributed by atoms with van der Waals surface area (Å²) in [6.45, 7) is 1.93. The van der Waals surface area contributed by atoms with E-state index in [0.717, 1.165) is 36.5 Å². The quantitative estimate of drug-likeness (QED) is 0.486. The molecule has 8 heteroatoms. The minimum atomic E-state index is 0.207. The number of para-hydroxylation sites is 3. The number of aromatic nitrogens is 5. The molecule has 0 saturated carbocycles. The third-order valence-corrected chi connectivity index (χ3v) is 6.07. The number of imidazole rings is 1. The zero-order chi connectivity index (χ0) is 18.4. The average molecular weight is 391 g/mol. The Bertz CT molecular complexity index is 1290. The van der Waals surface area contributed by atoms with E-state index in [1.165, 1.54) is 23.1 Å². The van der Waals surface area contributed by atoms with E-state index in [1.807, 2.05) is 53.8 Å². The third kappa shape index (κ3) is 2.73. The van der Waals surface area contributed by atoms with E-state index in [2.05, 4.69) is 20.2 Å². The first-order valence-electron chi connectivity index (χ1n) is 8.23. The van der Waals surface area contributed by atoms with Gasteiger partial charge in [-0.3, -0.25) is 4.40 Å². The predicted octanol–water partition coefficient (Wildman–Crippen LogP) is 4.57. The maximum atomic E-state index is 10.5. The van der Waals surface area contributed by atoms with Crippen molar-refractivity contribution >= 4 is 39.9 Å². The van der Waals surface area contributed by atoms with Crippen molar-refractivity contribution in [3.8, 4) is 17.0 Å². The van der Waals surface area contributed by atoms with Gasteiger partial charge in [-0.15, -0.1) is 10.2 Å². The van der Waals surface area contributed by atoms with Gasteiger partial charge >= 0.3 is 0 Å². The average Bonchev–Trinajstić information content (AvgIpc) is 3.25. The SMILES string of the molecule is Cc1nnc(Sc2cnc3nc4ccccc4n3c2-c2ccccc2O)s1. The maximum Gasteiger partial charge on any atom is 0.235 e. The van der Waals surface area contributed by atoms with Gasteiger partial charge in [-0.2, -0.15) is 0 Å². The molecular weight excluding hydrogens is 378 g/mol. The standard InChI is InChI=1S/C19H13N5OS2/c1-11-22-23-19(26-11)27-16-10-20-18-21-13-7-3-4-8-14(13)24(18)17(16)12-6-2-5-9-15(12)25/h2-10,25H,1H3. The molecule has 5 aromatic rings. The van der Waals surface area contributed by atoms with Crippen LogP contribution in [0, 0.1) is 6.92 Å². The molecule has 0 unspecified atom stereocenters. The normalized spacial score (nSPS) is 11.4. The predicted molar refractivity (Wildman–Crippen MR) is 106 cm³/mol. The third-order valence-electron chi connectivity index (χ3n) is 4.16. The second-order valence-corrected chi connectivity index (χ2v) is 8.38. The van der Waals surface area contributed by atoms with Crippen LogP contribution in [0.4, 0.5) is 0 Å². The highest BCUT2D eigenvalue weighted by Crippen LogP contribution is 2.40. The van der Waals surface area contributed by atoms with Crippen LogP contribution in [0.1, 0.15) is 5.01 Å². The van der Waals surface area contributed by atoms with Crippen LogP contribution in [-0.2, 0) is 0 Å². The molecule has 5 rings (SSSR count). The summed E-state index contributed by atoms with van der Waals surface area (Å²) in [5, 5.41) is 19.8. The molecule has 0 aliphatic carbocycles. The zero-order valence-corrected chi connectivity index (χ0v) is 15.8. The van der Waals surface area contributed by atoms with Crippen molar-refractivity contribution in [2.45, 2.75) is 16.2 Å². The first-order valence-corrected chi connectivity index (χ1v) is 9.86. The Hall–Kier alpha value is -2.97. The van der Waals surface area contributed by atoms with Gasteiger partial charge in [0.1, 0.15) is 10.8 Å². The van der Waals surface area contributed by atoms with E-state index in [0.29, 0.717) is 5.78 Å². The Morgan fingerprint density at radius 1 is 1.04 bits per heavy atom. The van der Waals surface area contributed by atoms with Crippen LogP contribution in [0.2, 0.25) is 0 Å². The Balaban J connectivity index is 1.85. The van der Waals surface area contributed by atoms with Gasteiger partial charge in [-0.25, -0.2) is 9.97 Å². The van der Waals surface area contributed by atoms with E-state index < -0.39 is 0 Å². The largest absolute Gasteiger partial charge is 0.507 e. The molecule has 0 spiro atoms. The fourth-order valence-electron chi connectivity index (χ4n) is 3.02. The summed E-state index contributed by atoms with van der Waals surface area (Å²) in [4.78, 5) is 10.0. The number of hydrogen-bond acceptors (Lipinski definition) is 7. The highest BCUT2D eigenvalue weighted by molar-refractivity contribution is 8.01. The van der Waals surface area contributed by atoms with Gasteiger partial charge in [0, 0.05) is 11.8 Å². The Morgan fingerprint density at radius 2 is 1.85 bits per heavy atom. The molecule has 27 heavy (non-hydrogen) atoms. The van der Waals surface area contributed by atoms with Crippen molar-refractivity contribution in [2.75, 3.05) is 0 Å². The smallest absolute Gasteiger partial charge is 0.235 e. The lowest BCUT2D eigenvalue weighted by atomic mass is 10.1. The van der Waals surface area contributed by atoms with E-state index in [4.69, 9.17) is 0 Å². The first kappa shape index (κ1) is 16.2. The van der Waals surface area contributed by atoms with Crippen molar-refractivity contribution in [2.24, 2.45) is 0 Å². The number of aryl methyl sites for hydroxylation is 1. The Kier molecular flexibility index (Phi) is 3.80. The summed E-state index contributed by atoms with van der Waals surface area (Å²) >= 11 is 3.02. The molecule has 0 aliphatic rings. The molecule has 0 amide bonds. The molecule has 3 aromatic heterocycles. The van der Waals surface area contributed by atoms with Crippen LogP contribution in [0.5, 0.6) is 5.75 Å². The van der Waals surface area contributed by atoms with Crippen molar-refractivity contribution in [1.29, 1.82) is 0 Å². The van der Waals surface area contributed by atoms with Crippen LogP contribution < -0.4 is 0 Å². The second-order valence-electron chi connectivity index (χ2n) is 5.91. The minimum Gasteiger partial charge on any atom is -0.507 e. The summed E-state index contributed by atoms with van der Waals surface area (Å²) in [6.07, 6.45) is 1.78. The van der Waals surface area contributed by atoms with E-state index in [9.17, 15) is 5.11 Å². The highest BCUT2D eigenvalue weighted by atomic mass is 32.2. The van der Waals surface area contributed by atoms with Gasteiger partial charge in [-0.1, -0.05) is 47.4 Å². The van der Waals surface area contributed by atoms with Crippen LogP contribution in [0.3, 0.4) is 0 Å². The summed E-state index contributed by atoms with van der Waals surface area (Å²) in [5.41, 5.74) is 3.35. The molecule has 0 bridgehead atoms. The zero-order valence-electron chi connectivity index (χ0n) is 14.2. The molecule has 0 saturated heterocycles. The number of rotatable bonds is 3. The number of nitrogens with zero attached hydrogens (tertiary/aromatic N) is 5. The van der Waals surface area contributed by atoms with Crippen LogP contribution in [0.15, 0.2) is 64.0 Å². The van der Waals surface area contributed by atoms with Crippen molar-refractivity contribution in [3.63, 3.8) is 0 Å². The maximum absolute atomic E-state index is 10.5. The van der Waals surface area contributed by atoms with Gasteiger partial charge in [0.25, 0.3) is 0 Å². The fourth-order valence-corrected chi connectivity index (χ4v) is 4.91. The number of hydrogen-bond donors (Lipinski definition) is 1. The summed E-state index contributed by atoms with van der Waals surface area (Å²) in [6, 6.07) is 15.2. The molecule has 0 radical (unpaired) electrons. The van der Waals surface area contributed by atoms with Crippen molar-refractivity contribution in [3.05, 3.63) is 59.7 Å². The fraction of sp³-hybridized carbons (Fsp3) is 0.0526. The summed E-state index contributed by atoms with van der Waals surface area (Å²) in [5.74, 6) is 0.797.